The lowest BCUT2D eigenvalue weighted by molar-refractivity contribution is 0.0960. The van der Waals surface area contributed by atoms with Gasteiger partial charge in [0.25, 0.3) is 0 Å². The Morgan fingerprint density at radius 2 is 2.00 bits per heavy atom. The van der Waals surface area contributed by atoms with E-state index in [-0.39, 0.29) is 5.78 Å². The molecule has 0 aliphatic heterocycles. The van der Waals surface area contributed by atoms with Gasteiger partial charge in [-0.15, -0.1) is 11.3 Å². The van der Waals surface area contributed by atoms with Crippen LogP contribution < -0.4 is 0 Å². The predicted molar refractivity (Wildman–Crippen MR) is 90.8 cm³/mol. The van der Waals surface area contributed by atoms with Gasteiger partial charge in [-0.2, -0.15) is 0 Å². The molecule has 0 N–H and O–H groups in total. The van der Waals surface area contributed by atoms with Gasteiger partial charge >= 0.3 is 0 Å². The summed E-state index contributed by atoms with van der Waals surface area (Å²) in [6, 6.07) is 12.6. The smallest absolute Gasteiger partial charge is 0.164 e. The van der Waals surface area contributed by atoms with E-state index in [1.54, 1.807) is 11.3 Å². The fourth-order valence-corrected chi connectivity index (χ4v) is 3.45. The zero-order chi connectivity index (χ0) is 14.7. The number of benzene rings is 1. The number of carbonyl (C=O) groups is 1. The molecule has 0 amide bonds. The third kappa shape index (κ3) is 4.25. The molecule has 0 atom stereocenters. The largest absolute Gasteiger partial charge is 0.295 e. The fraction of sp³-hybridized carbons (Fsp3) is 0.353. The van der Waals surface area contributed by atoms with Crippen LogP contribution in [-0.2, 0) is 6.54 Å². The number of nitrogens with zero attached hydrogens (tertiary/aromatic N) is 1. The van der Waals surface area contributed by atoms with Crippen molar-refractivity contribution in [3.8, 4) is 0 Å². The monoisotopic (exact) mass is 363 g/mol. The summed E-state index contributed by atoms with van der Waals surface area (Å²) in [5, 5.41) is 2.12. The van der Waals surface area contributed by atoms with Crippen LogP contribution in [0, 0.1) is 0 Å². The van der Waals surface area contributed by atoms with Crippen molar-refractivity contribution in [1.82, 2.24) is 4.90 Å². The second-order valence-corrected chi connectivity index (χ2v) is 7.41. The molecule has 2 aromatic rings. The van der Waals surface area contributed by atoms with Crippen molar-refractivity contribution in [2.24, 2.45) is 0 Å². The molecule has 1 aliphatic rings. The SMILES string of the molecule is O=C(CCN(Cc1cccs1)C1CC1)c1ccc(Br)cc1. The molecule has 0 radical (unpaired) electrons. The molecule has 1 fully saturated rings. The van der Waals surface area contributed by atoms with Crippen molar-refractivity contribution in [3.63, 3.8) is 0 Å². The van der Waals surface area contributed by atoms with Gasteiger partial charge < -0.3 is 0 Å². The molecule has 4 heteroatoms. The first-order chi connectivity index (χ1) is 10.2. The summed E-state index contributed by atoms with van der Waals surface area (Å²) in [5.41, 5.74) is 0.810. The minimum atomic E-state index is 0.235. The molecule has 0 unspecified atom stereocenters. The van der Waals surface area contributed by atoms with Gasteiger partial charge in [-0.1, -0.05) is 34.1 Å². The molecular formula is C17H18BrNOS. The third-order valence-electron chi connectivity index (χ3n) is 3.79. The second-order valence-electron chi connectivity index (χ2n) is 5.46. The van der Waals surface area contributed by atoms with E-state index in [0.717, 1.165) is 23.1 Å². The standard InChI is InChI=1S/C17H18BrNOS/c18-14-5-3-13(4-6-14)17(20)9-10-19(15-7-8-15)12-16-2-1-11-21-16/h1-6,11,15H,7-10,12H2. The third-order valence-corrected chi connectivity index (χ3v) is 5.18. The molecule has 1 aromatic carbocycles. The molecule has 21 heavy (non-hydrogen) atoms. The van der Waals surface area contributed by atoms with Crippen LogP contribution in [-0.4, -0.2) is 23.3 Å². The highest BCUT2D eigenvalue weighted by Gasteiger charge is 2.29. The molecule has 1 aromatic heterocycles. The van der Waals surface area contributed by atoms with Crippen molar-refractivity contribution in [2.45, 2.75) is 31.8 Å². The zero-order valence-corrected chi connectivity index (χ0v) is 14.2. The molecule has 110 valence electrons. The lowest BCUT2D eigenvalue weighted by atomic mass is 10.1. The number of Topliss-reactive ketones (excluding diaryl/α,β-unsaturated/α-hetero) is 1. The summed E-state index contributed by atoms with van der Waals surface area (Å²) < 4.78 is 1.01. The Morgan fingerprint density at radius 3 is 2.62 bits per heavy atom. The van der Waals surface area contributed by atoms with Crippen LogP contribution >= 0.6 is 27.3 Å². The molecule has 1 aliphatic carbocycles. The molecule has 0 saturated heterocycles. The van der Waals surface area contributed by atoms with E-state index < -0.39 is 0 Å². The lowest BCUT2D eigenvalue weighted by Crippen LogP contribution is -2.27. The van der Waals surface area contributed by atoms with E-state index in [1.807, 2.05) is 24.3 Å². The highest BCUT2D eigenvalue weighted by molar-refractivity contribution is 9.10. The van der Waals surface area contributed by atoms with Gasteiger partial charge in [0.05, 0.1) is 0 Å². The number of hydrogen-bond acceptors (Lipinski definition) is 3. The molecule has 0 spiro atoms. The molecule has 1 heterocycles. The van der Waals surface area contributed by atoms with Crippen LogP contribution in [0.5, 0.6) is 0 Å². The molecule has 2 nitrogen and oxygen atoms in total. The minimum Gasteiger partial charge on any atom is -0.295 e. The Hall–Kier alpha value is -0.970. The number of carbonyl (C=O) groups excluding carboxylic acids is 1. The zero-order valence-electron chi connectivity index (χ0n) is 11.8. The van der Waals surface area contributed by atoms with Gasteiger partial charge in [0.2, 0.25) is 0 Å². The number of thiophene rings is 1. The normalized spacial score (nSPS) is 14.6. The van der Waals surface area contributed by atoms with Crippen molar-refractivity contribution >= 4 is 33.0 Å². The summed E-state index contributed by atoms with van der Waals surface area (Å²) in [6.07, 6.45) is 3.15. The molecular weight excluding hydrogens is 346 g/mol. The number of hydrogen-bond donors (Lipinski definition) is 0. The van der Waals surface area contributed by atoms with Gasteiger partial charge in [-0.05, 0) is 36.4 Å². The van der Waals surface area contributed by atoms with Crippen LogP contribution in [0.1, 0.15) is 34.5 Å². The van der Waals surface area contributed by atoms with Crippen LogP contribution in [0.15, 0.2) is 46.3 Å². The van der Waals surface area contributed by atoms with Crippen molar-refractivity contribution in [2.75, 3.05) is 6.54 Å². The summed E-state index contributed by atoms with van der Waals surface area (Å²) in [6.45, 7) is 1.84. The summed E-state index contributed by atoms with van der Waals surface area (Å²) in [7, 11) is 0. The van der Waals surface area contributed by atoms with E-state index in [9.17, 15) is 4.79 Å². The summed E-state index contributed by atoms with van der Waals surface area (Å²) in [5.74, 6) is 0.235. The van der Waals surface area contributed by atoms with Crippen LogP contribution in [0.2, 0.25) is 0 Å². The lowest BCUT2D eigenvalue weighted by Gasteiger charge is -2.20. The first kappa shape index (κ1) is 14.9. The van der Waals surface area contributed by atoms with E-state index >= 15 is 0 Å². The van der Waals surface area contributed by atoms with Crippen LogP contribution in [0.3, 0.4) is 0 Å². The van der Waals surface area contributed by atoms with Gasteiger partial charge in [-0.25, -0.2) is 0 Å². The van der Waals surface area contributed by atoms with Gasteiger partial charge in [0.1, 0.15) is 0 Å². The van der Waals surface area contributed by atoms with Crippen molar-refractivity contribution in [3.05, 3.63) is 56.7 Å². The highest BCUT2D eigenvalue weighted by atomic mass is 79.9. The van der Waals surface area contributed by atoms with Gasteiger partial charge in [-0.3, -0.25) is 9.69 Å². The van der Waals surface area contributed by atoms with Crippen molar-refractivity contribution < 1.29 is 4.79 Å². The van der Waals surface area contributed by atoms with E-state index in [4.69, 9.17) is 0 Å². The van der Waals surface area contributed by atoms with Crippen LogP contribution in [0.25, 0.3) is 0 Å². The van der Waals surface area contributed by atoms with Gasteiger partial charge in [0, 0.05) is 40.5 Å². The Balaban J connectivity index is 1.56. The molecule has 3 rings (SSSR count). The average Bonchev–Trinajstić information content (AvgIpc) is 3.21. The first-order valence-corrected chi connectivity index (χ1v) is 8.95. The summed E-state index contributed by atoms with van der Waals surface area (Å²) in [4.78, 5) is 16.1. The maximum atomic E-state index is 12.3. The number of ketones is 1. The van der Waals surface area contributed by atoms with Crippen LogP contribution in [0.4, 0.5) is 0 Å². The number of halogens is 1. The average molecular weight is 364 g/mol. The Labute approximate surface area is 137 Å². The second kappa shape index (κ2) is 6.86. The molecule has 0 bridgehead atoms. The predicted octanol–water partition coefficient (Wildman–Crippen LogP) is 4.75. The summed E-state index contributed by atoms with van der Waals surface area (Å²) >= 11 is 5.20. The fourth-order valence-electron chi connectivity index (χ4n) is 2.46. The maximum Gasteiger partial charge on any atom is 0.164 e. The Morgan fingerprint density at radius 1 is 1.24 bits per heavy atom. The van der Waals surface area contributed by atoms with Gasteiger partial charge in [0.15, 0.2) is 5.78 Å². The molecule has 1 saturated carbocycles. The number of rotatable bonds is 7. The van der Waals surface area contributed by atoms with E-state index in [0.29, 0.717) is 12.5 Å². The topological polar surface area (TPSA) is 20.3 Å². The Kier molecular flexibility index (Phi) is 4.88. The quantitative estimate of drug-likeness (QED) is 0.661. The van der Waals surface area contributed by atoms with Crippen molar-refractivity contribution in [1.29, 1.82) is 0 Å². The van der Waals surface area contributed by atoms with E-state index in [1.165, 1.54) is 17.7 Å². The highest BCUT2D eigenvalue weighted by Crippen LogP contribution is 2.29. The maximum absolute atomic E-state index is 12.3. The first-order valence-electron chi connectivity index (χ1n) is 7.27. The van der Waals surface area contributed by atoms with E-state index in [2.05, 4.69) is 38.3 Å². The Bertz CT molecular complexity index is 590. The minimum absolute atomic E-state index is 0.235.